The minimum atomic E-state index is -0.616. The van der Waals surface area contributed by atoms with Gasteiger partial charge in [0.05, 0.1) is 25.2 Å². The van der Waals surface area contributed by atoms with Crippen LogP contribution < -0.4 is 15.2 Å². The van der Waals surface area contributed by atoms with Crippen LogP contribution in [0.3, 0.4) is 0 Å². The third kappa shape index (κ3) is 2.37. The maximum atomic E-state index is 12.2. The SMILES string of the molecule is COc1cc(C(=O)N2CC(N)C2)c([N+](=O)[O-])cc1OC. The highest BCUT2D eigenvalue weighted by Gasteiger charge is 2.33. The number of benzene rings is 1. The van der Waals surface area contributed by atoms with Crippen molar-refractivity contribution in [2.75, 3.05) is 27.3 Å². The lowest BCUT2D eigenvalue weighted by Gasteiger charge is -2.36. The third-order valence-corrected chi connectivity index (χ3v) is 3.13. The smallest absolute Gasteiger partial charge is 0.286 e. The molecule has 0 unspecified atom stereocenters. The molecule has 1 amide bonds. The molecule has 0 spiro atoms. The van der Waals surface area contributed by atoms with E-state index in [0.29, 0.717) is 13.1 Å². The van der Waals surface area contributed by atoms with Crippen LogP contribution in [0.25, 0.3) is 0 Å². The number of hydrogen-bond acceptors (Lipinski definition) is 6. The maximum Gasteiger partial charge on any atom is 0.286 e. The van der Waals surface area contributed by atoms with E-state index in [2.05, 4.69) is 0 Å². The van der Waals surface area contributed by atoms with E-state index >= 15 is 0 Å². The molecule has 8 nitrogen and oxygen atoms in total. The average molecular weight is 281 g/mol. The number of amides is 1. The first-order chi connectivity index (χ1) is 9.47. The van der Waals surface area contributed by atoms with Gasteiger partial charge in [0.2, 0.25) is 0 Å². The van der Waals surface area contributed by atoms with Crippen LogP contribution in [0.2, 0.25) is 0 Å². The number of methoxy groups -OCH3 is 2. The van der Waals surface area contributed by atoms with Gasteiger partial charge in [0.15, 0.2) is 11.5 Å². The molecule has 2 rings (SSSR count). The van der Waals surface area contributed by atoms with Gasteiger partial charge in [-0.1, -0.05) is 0 Å². The van der Waals surface area contributed by atoms with E-state index in [1.54, 1.807) is 0 Å². The van der Waals surface area contributed by atoms with Crippen molar-refractivity contribution < 1.29 is 19.2 Å². The standard InChI is InChI=1S/C12H15N3O5/c1-19-10-3-8(12(16)14-5-7(13)6-14)9(15(17)18)4-11(10)20-2/h3-4,7H,5-6,13H2,1-2H3. The summed E-state index contributed by atoms with van der Waals surface area (Å²) in [7, 11) is 2.77. The maximum absolute atomic E-state index is 12.2. The van der Waals surface area contributed by atoms with Crippen LogP contribution in [-0.2, 0) is 0 Å². The fourth-order valence-corrected chi connectivity index (χ4v) is 2.04. The van der Waals surface area contributed by atoms with Crippen LogP contribution >= 0.6 is 0 Å². The zero-order valence-corrected chi connectivity index (χ0v) is 11.2. The highest BCUT2D eigenvalue weighted by molar-refractivity contribution is 5.99. The number of nitro benzene ring substituents is 1. The summed E-state index contributed by atoms with van der Waals surface area (Å²) in [4.78, 5) is 24.2. The Morgan fingerprint density at radius 3 is 2.35 bits per heavy atom. The van der Waals surface area contributed by atoms with Crippen LogP contribution in [0.4, 0.5) is 5.69 Å². The van der Waals surface area contributed by atoms with Crippen molar-refractivity contribution in [2.24, 2.45) is 5.73 Å². The number of nitro groups is 1. The van der Waals surface area contributed by atoms with Crippen LogP contribution in [-0.4, -0.2) is 49.1 Å². The minimum absolute atomic E-state index is 0.0282. The van der Waals surface area contributed by atoms with Crippen molar-refractivity contribution in [3.05, 3.63) is 27.8 Å². The van der Waals surface area contributed by atoms with E-state index < -0.39 is 10.8 Å². The lowest BCUT2D eigenvalue weighted by atomic mass is 10.1. The Hall–Kier alpha value is -2.35. The molecule has 20 heavy (non-hydrogen) atoms. The molecule has 1 heterocycles. The average Bonchev–Trinajstić information content (AvgIpc) is 2.41. The molecule has 8 heteroatoms. The summed E-state index contributed by atoms with van der Waals surface area (Å²) in [5.41, 5.74) is 5.27. The largest absolute Gasteiger partial charge is 0.493 e. The molecule has 1 aromatic carbocycles. The van der Waals surface area contributed by atoms with Gasteiger partial charge in [0.1, 0.15) is 5.56 Å². The number of carbonyl (C=O) groups is 1. The first-order valence-corrected chi connectivity index (χ1v) is 5.93. The lowest BCUT2D eigenvalue weighted by Crippen LogP contribution is -2.57. The predicted octanol–water partition coefficient (Wildman–Crippen LogP) is 0.395. The molecule has 0 radical (unpaired) electrons. The van der Waals surface area contributed by atoms with E-state index in [-0.39, 0.29) is 28.8 Å². The third-order valence-electron chi connectivity index (χ3n) is 3.13. The van der Waals surface area contributed by atoms with Crippen molar-refractivity contribution >= 4 is 11.6 Å². The fraction of sp³-hybridized carbons (Fsp3) is 0.417. The van der Waals surface area contributed by atoms with Gasteiger partial charge >= 0.3 is 0 Å². The number of likely N-dealkylation sites (tertiary alicyclic amines) is 1. The minimum Gasteiger partial charge on any atom is -0.493 e. The van der Waals surface area contributed by atoms with Gasteiger partial charge in [-0.15, -0.1) is 0 Å². The van der Waals surface area contributed by atoms with Crippen molar-refractivity contribution in [2.45, 2.75) is 6.04 Å². The Bertz CT molecular complexity index is 554. The van der Waals surface area contributed by atoms with E-state index in [0.717, 1.165) is 0 Å². The van der Waals surface area contributed by atoms with E-state index in [1.165, 1.54) is 31.3 Å². The second kappa shape index (κ2) is 5.33. The van der Waals surface area contributed by atoms with E-state index in [9.17, 15) is 14.9 Å². The van der Waals surface area contributed by atoms with Gasteiger partial charge in [-0.3, -0.25) is 14.9 Å². The van der Waals surface area contributed by atoms with E-state index in [1.807, 2.05) is 0 Å². The zero-order valence-electron chi connectivity index (χ0n) is 11.2. The highest BCUT2D eigenvalue weighted by atomic mass is 16.6. The van der Waals surface area contributed by atoms with Crippen molar-refractivity contribution in [3.8, 4) is 11.5 Å². The Kier molecular flexibility index (Phi) is 3.75. The van der Waals surface area contributed by atoms with Crippen molar-refractivity contribution in [1.82, 2.24) is 4.90 Å². The quantitative estimate of drug-likeness (QED) is 0.632. The molecule has 1 aromatic rings. The van der Waals surface area contributed by atoms with Crippen LogP contribution in [0, 0.1) is 10.1 Å². The van der Waals surface area contributed by atoms with Gasteiger partial charge in [0.25, 0.3) is 11.6 Å². The molecule has 2 N–H and O–H groups in total. The summed E-state index contributed by atoms with van der Waals surface area (Å²) in [6.45, 7) is 0.786. The van der Waals surface area contributed by atoms with Gasteiger partial charge in [0, 0.05) is 25.2 Å². The number of nitrogens with zero attached hydrogens (tertiary/aromatic N) is 2. The summed E-state index contributed by atoms with van der Waals surface area (Å²) in [5, 5.41) is 11.1. The molecule has 0 bridgehead atoms. The second-order valence-electron chi connectivity index (χ2n) is 4.45. The van der Waals surface area contributed by atoms with Crippen LogP contribution in [0.5, 0.6) is 11.5 Å². The molecule has 0 saturated carbocycles. The number of nitrogens with two attached hydrogens (primary N) is 1. The first-order valence-electron chi connectivity index (χ1n) is 5.93. The Morgan fingerprint density at radius 2 is 1.90 bits per heavy atom. The summed E-state index contributed by atoms with van der Waals surface area (Å²) in [5.74, 6) is 0.0432. The number of ether oxygens (including phenoxy) is 2. The van der Waals surface area contributed by atoms with Gasteiger partial charge in [-0.25, -0.2) is 0 Å². The molecule has 1 aliphatic heterocycles. The van der Waals surface area contributed by atoms with Gasteiger partial charge < -0.3 is 20.1 Å². The van der Waals surface area contributed by atoms with Gasteiger partial charge in [-0.05, 0) is 0 Å². The summed E-state index contributed by atoms with van der Waals surface area (Å²) in [6, 6.07) is 2.44. The molecule has 0 aromatic heterocycles. The molecule has 1 aliphatic rings. The Labute approximate surface area is 115 Å². The number of hydrogen-bond donors (Lipinski definition) is 1. The molecular formula is C12H15N3O5. The van der Waals surface area contributed by atoms with Crippen LogP contribution in [0.1, 0.15) is 10.4 Å². The molecule has 1 fully saturated rings. The summed E-state index contributed by atoms with van der Waals surface area (Å²) >= 11 is 0. The van der Waals surface area contributed by atoms with E-state index in [4.69, 9.17) is 15.2 Å². The van der Waals surface area contributed by atoms with Gasteiger partial charge in [-0.2, -0.15) is 0 Å². The normalized spacial score (nSPS) is 14.7. The molecule has 108 valence electrons. The topological polar surface area (TPSA) is 108 Å². The molecule has 1 saturated heterocycles. The molecule has 0 atom stereocenters. The van der Waals surface area contributed by atoms with Crippen LogP contribution in [0.15, 0.2) is 12.1 Å². The lowest BCUT2D eigenvalue weighted by molar-refractivity contribution is -0.385. The zero-order chi connectivity index (χ0) is 14.9. The molecular weight excluding hydrogens is 266 g/mol. The number of carbonyl (C=O) groups excluding carboxylic acids is 1. The van der Waals surface area contributed by atoms with Crippen molar-refractivity contribution in [3.63, 3.8) is 0 Å². The summed E-state index contributed by atoms with van der Waals surface area (Å²) in [6.07, 6.45) is 0. The summed E-state index contributed by atoms with van der Waals surface area (Å²) < 4.78 is 10.1. The van der Waals surface area contributed by atoms with Crippen molar-refractivity contribution in [1.29, 1.82) is 0 Å². The second-order valence-corrected chi connectivity index (χ2v) is 4.45. The highest BCUT2D eigenvalue weighted by Crippen LogP contribution is 2.35. The Balaban J connectivity index is 2.44. The fourth-order valence-electron chi connectivity index (χ4n) is 2.04. The first kappa shape index (κ1) is 14.1. The predicted molar refractivity (Wildman–Crippen MR) is 70.1 cm³/mol. The monoisotopic (exact) mass is 281 g/mol. The Morgan fingerprint density at radius 1 is 1.35 bits per heavy atom. The molecule has 0 aliphatic carbocycles. The number of rotatable bonds is 4.